The zero-order chi connectivity index (χ0) is 13.9. The van der Waals surface area contributed by atoms with Crippen LogP contribution in [0.2, 0.25) is 0 Å². The quantitative estimate of drug-likeness (QED) is 0.913. The number of rotatable bonds is 3. The smallest absolute Gasteiger partial charge is 0.244 e. The summed E-state index contributed by atoms with van der Waals surface area (Å²) in [6.45, 7) is 0.360. The van der Waals surface area contributed by atoms with Crippen LogP contribution in [-0.4, -0.2) is 37.0 Å². The number of benzene rings is 1. The maximum atomic E-state index is 12.7. The highest BCUT2D eigenvalue weighted by molar-refractivity contribution is 9.10. The molecule has 0 saturated carbocycles. The van der Waals surface area contributed by atoms with Crippen molar-refractivity contribution in [1.82, 2.24) is 4.31 Å². The van der Waals surface area contributed by atoms with Gasteiger partial charge in [0.05, 0.1) is 11.5 Å². The van der Waals surface area contributed by atoms with E-state index in [1.807, 2.05) is 0 Å². The SMILES string of the molecule is O=S(=O)(c1ccccc1Br)N1CCCCCC1CO. The Kier molecular flexibility index (Phi) is 5.00. The number of halogens is 1. The Morgan fingerprint density at radius 3 is 2.68 bits per heavy atom. The van der Waals surface area contributed by atoms with Gasteiger partial charge in [-0.25, -0.2) is 8.42 Å². The average molecular weight is 348 g/mol. The number of aliphatic hydroxyl groups excluding tert-OH is 1. The molecule has 0 radical (unpaired) electrons. The molecule has 1 aromatic rings. The Hall–Kier alpha value is -0.430. The molecule has 1 atom stereocenters. The van der Waals surface area contributed by atoms with Gasteiger partial charge in [-0.1, -0.05) is 25.0 Å². The number of sulfonamides is 1. The van der Waals surface area contributed by atoms with Crippen LogP contribution in [0.5, 0.6) is 0 Å². The highest BCUT2D eigenvalue weighted by atomic mass is 79.9. The van der Waals surface area contributed by atoms with Gasteiger partial charge in [0.15, 0.2) is 0 Å². The largest absolute Gasteiger partial charge is 0.395 e. The van der Waals surface area contributed by atoms with Gasteiger partial charge in [-0.2, -0.15) is 4.31 Å². The van der Waals surface area contributed by atoms with Crippen LogP contribution in [0.25, 0.3) is 0 Å². The summed E-state index contributed by atoms with van der Waals surface area (Å²) in [6.07, 6.45) is 3.55. The molecule has 6 heteroatoms. The van der Waals surface area contributed by atoms with E-state index in [0.29, 0.717) is 11.0 Å². The summed E-state index contributed by atoms with van der Waals surface area (Å²) >= 11 is 3.29. The second kappa shape index (κ2) is 6.35. The first-order valence-corrected chi connectivity index (χ1v) is 8.68. The van der Waals surface area contributed by atoms with Crippen molar-refractivity contribution >= 4 is 26.0 Å². The Morgan fingerprint density at radius 2 is 2.00 bits per heavy atom. The van der Waals surface area contributed by atoms with E-state index in [1.54, 1.807) is 24.3 Å². The molecule has 1 saturated heterocycles. The van der Waals surface area contributed by atoms with Crippen LogP contribution in [0, 0.1) is 0 Å². The molecule has 1 heterocycles. The fourth-order valence-electron chi connectivity index (χ4n) is 2.43. The molecule has 106 valence electrons. The van der Waals surface area contributed by atoms with Crippen LogP contribution in [-0.2, 0) is 10.0 Å². The van der Waals surface area contributed by atoms with E-state index in [9.17, 15) is 13.5 Å². The summed E-state index contributed by atoms with van der Waals surface area (Å²) < 4.78 is 27.5. The summed E-state index contributed by atoms with van der Waals surface area (Å²) in [5, 5.41) is 9.45. The molecule has 0 aliphatic carbocycles. The first kappa shape index (κ1) is 15.0. The lowest BCUT2D eigenvalue weighted by atomic mass is 10.1. The van der Waals surface area contributed by atoms with Crippen molar-refractivity contribution < 1.29 is 13.5 Å². The minimum Gasteiger partial charge on any atom is -0.395 e. The molecule has 1 unspecified atom stereocenters. The van der Waals surface area contributed by atoms with E-state index in [2.05, 4.69) is 15.9 Å². The Bertz CT molecular complexity index is 532. The number of nitrogens with zero attached hydrogens (tertiary/aromatic N) is 1. The lowest BCUT2D eigenvalue weighted by Gasteiger charge is -2.28. The summed E-state index contributed by atoms with van der Waals surface area (Å²) in [6, 6.07) is 6.51. The molecule has 0 aromatic heterocycles. The predicted octanol–water partition coefficient (Wildman–Crippen LogP) is 2.37. The van der Waals surface area contributed by atoms with Crippen molar-refractivity contribution in [2.45, 2.75) is 36.6 Å². The molecule has 1 aliphatic heterocycles. The second-order valence-corrected chi connectivity index (χ2v) is 7.45. The standard InChI is InChI=1S/C13H18BrNO3S/c14-12-7-3-4-8-13(12)19(17,18)15-9-5-1-2-6-11(15)10-16/h3-4,7-8,11,16H,1-2,5-6,9-10H2. The Morgan fingerprint density at radius 1 is 1.26 bits per heavy atom. The second-order valence-electron chi connectivity index (χ2n) is 4.73. The van der Waals surface area contributed by atoms with E-state index < -0.39 is 10.0 Å². The summed E-state index contributed by atoms with van der Waals surface area (Å²) in [7, 11) is -3.55. The molecule has 0 spiro atoms. The van der Waals surface area contributed by atoms with Crippen LogP contribution in [0.15, 0.2) is 33.6 Å². The van der Waals surface area contributed by atoms with Crippen LogP contribution >= 0.6 is 15.9 Å². The molecule has 2 rings (SSSR count). The summed E-state index contributed by atoms with van der Waals surface area (Å²) in [5.41, 5.74) is 0. The maximum Gasteiger partial charge on any atom is 0.244 e. The van der Waals surface area contributed by atoms with E-state index in [4.69, 9.17) is 0 Å². The van der Waals surface area contributed by atoms with Gasteiger partial charge in [-0.05, 0) is 40.9 Å². The highest BCUT2D eigenvalue weighted by Gasteiger charge is 2.32. The van der Waals surface area contributed by atoms with Crippen LogP contribution in [0.3, 0.4) is 0 Å². The van der Waals surface area contributed by atoms with Gasteiger partial charge in [-0.15, -0.1) is 0 Å². The average Bonchev–Trinajstić information content (AvgIpc) is 2.64. The number of hydrogen-bond donors (Lipinski definition) is 1. The summed E-state index contributed by atoms with van der Waals surface area (Å²) in [5.74, 6) is 0. The van der Waals surface area contributed by atoms with Crippen LogP contribution in [0.1, 0.15) is 25.7 Å². The number of hydrogen-bond acceptors (Lipinski definition) is 3. The van der Waals surface area contributed by atoms with Gasteiger partial charge >= 0.3 is 0 Å². The topological polar surface area (TPSA) is 57.6 Å². The van der Waals surface area contributed by atoms with E-state index in [0.717, 1.165) is 25.7 Å². The molecule has 1 N–H and O–H groups in total. The van der Waals surface area contributed by atoms with Gasteiger partial charge in [0.1, 0.15) is 0 Å². The highest BCUT2D eigenvalue weighted by Crippen LogP contribution is 2.28. The zero-order valence-electron chi connectivity index (χ0n) is 10.6. The van der Waals surface area contributed by atoms with Gasteiger partial charge in [0.2, 0.25) is 10.0 Å². The fraction of sp³-hybridized carbons (Fsp3) is 0.538. The van der Waals surface area contributed by atoms with Gasteiger partial charge in [0.25, 0.3) is 0 Å². The monoisotopic (exact) mass is 347 g/mol. The van der Waals surface area contributed by atoms with Crippen molar-refractivity contribution in [2.24, 2.45) is 0 Å². The van der Waals surface area contributed by atoms with E-state index in [1.165, 1.54) is 4.31 Å². The number of aliphatic hydroxyl groups is 1. The molecular weight excluding hydrogens is 330 g/mol. The van der Waals surface area contributed by atoms with Gasteiger partial charge < -0.3 is 5.11 Å². The van der Waals surface area contributed by atoms with Crippen molar-refractivity contribution in [1.29, 1.82) is 0 Å². The van der Waals surface area contributed by atoms with Crippen LogP contribution < -0.4 is 0 Å². The normalized spacial score (nSPS) is 22.1. The zero-order valence-corrected chi connectivity index (χ0v) is 13.0. The Balaban J connectivity index is 2.39. The molecule has 0 bridgehead atoms. The third-order valence-electron chi connectivity index (χ3n) is 3.46. The van der Waals surface area contributed by atoms with Gasteiger partial charge in [-0.3, -0.25) is 0 Å². The molecule has 4 nitrogen and oxygen atoms in total. The molecule has 19 heavy (non-hydrogen) atoms. The third-order valence-corrected chi connectivity index (χ3v) is 6.42. The van der Waals surface area contributed by atoms with E-state index in [-0.39, 0.29) is 17.5 Å². The van der Waals surface area contributed by atoms with Crippen molar-refractivity contribution in [2.75, 3.05) is 13.2 Å². The molecule has 1 aliphatic rings. The minimum absolute atomic E-state index is 0.121. The maximum absolute atomic E-state index is 12.7. The van der Waals surface area contributed by atoms with Crippen molar-refractivity contribution in [3.63, 3.8) is 0 Å². The Labute approximate surface area is 122 Å². The first-order chi connectivity index (χ1) is 9.07. The van der Waals surface area contributed by atoms with E-state index >= 15 is 0 Å². The lowest BCUT2D eigenvalue weighted by molar-refractivity contribution is 0.186. The summed E-state index contributed by atoms with van der Waals surface area (Å²) in [4.78, 5) is 0.273. The fourth-order valence-corrected chi connectivity index (χ4v) is 5.08. The van der Waals surface area contributed by atoms with Gasteiger partial charge in [0, 0.05) is 17.1 Å². The minimum atomic E-state index is -3.55. The molecule has 1 fully saturated rings. The lowest BCUT2D eigenvalue weighted by Crippen LogP contribution is -2.42. The third kappa shape index (κ3) is 3.18. The predicted molar refractivity (Wildman–Crippen MR) is 77.4 cm³/mol. The first-order valence-electron chi connectivity index (χ1n) is 6.44. The molecule has 1 aromatic carbocycles. The molecule has 0 amide bonds. The van der Waals surface area contributed by atoms with Crippen LogP contribution in [0.4, 0.5) is 0 Å². The van der Waals surface area contributed by atoms with Crippen molar-refractivity contribution in [3.05, 3.63) is 28.7 Å². The van der Waals surface area contributed by atoms with Crippen molar-refractivity contribution in [3.8, 4) is 0 Å². The molecular formula is C13H18BrNO3S.